The molecule has 2 aromatic rings. The summed E-state index contributed by atoms with van der Waals surface area (Å²) in [6.07, 6.45) is 3.84. The number of aromatic hydroxyl groups is 1. The normalized spacial score (nSPS) is 14.9. The van der Waals surface area contributed by atoms with Crippen molar-refractivity contribution >= 4 is 11.4 Å². The average molecular weight is 254 g/mol. The third kappa shape index (κ3) is 2.50. The van der Waals surface area contributed by atoms with Crippen LogP contribution in [0, 0.1) is 0 Å². The van der Waals surface area contributed by atoms with E-state index in [1.807, 2.05) is 18.2 Å². The van der Waals surface area contributed by atoms with Gasteiger partial charge in [0.25, 0.3) is 0 Å². The smallest absolute Gasteiger partial charge is 0.139 e. The van der Waals surface area contributed by atoms with Gasteiger partial charge >= 0.3 is 0 Å². The van der Waals surface area contributed by atoms with Crippen LogP contribution < -0.4 is 11.1 Å². The largest absolute Gasteiger partial charge is 0.506 e. The number of hydrogen-bond acceptors (Lipinski definition) is 3. The van der Waals surface area contributed by atoms with Gasteiger partial charge in [-0.25, -0.2) is 0 Å². The summed E-state index contributed by atoms with van der Waals surface area (Å²) in [5.74, 6) is 0.134. The zero-order valence-corrected chi connectivity index (χ0v) is 10.8. The molecule has 1 fully saturated rings. The highest BCUT2D eigenvalue weighted by atomic mass is 16.3. The molecular weight excluding hydrogens is 236 g/mol. The molecule has 3 heteroatoms. The van der Waals surface area contributed by atoms with Crippen LogP contribution in [0.3, 0.4) is 0 Å². The quantitative estimate of drug-likeness (QED) is 0.579. The Hall–Kier alpha value is -2.16. The third-order valence-electron chi connectivity index (χ3n) is 3.70. The van der Waals surface area contributed by atoms with Crippen molar-refractivity contribution < 1.29 is 5.11 Å². The van der Waals surface area contributed by atoms with Gasteiger partial charge in [0.2, 0.25) is 0 Å². The Bertz CT molecular complexity index is 591. The van der Waals surface area contributed by atoms with Crippen molar-refractivity contribution in [3.63, 3.8) is 0 Å². The summed E-state index contributed by atoms with van der Waals surface area (Å²) in [6.45, 7) is 0. The Morgan fingerprint density at radius 2 is 1.84 bits per heavy atom. The minimum Gasteiger partial charge on any atom is -0.506 e. The fraction of sp³-hybridized carbons (Fsp3) is 0.250. The highest BCUT2D eigenvalue weighted by Gasteiger charge is 2.16. The van der Waals surface area contributed by atoms with Crippen LogP contribution in [-0.4, -0.2) is 11.1 Å². The molecule has 0 spiro atoms. The number of anilines is 2. The Morgan fingerprint density at radius 3 is 2.53 bits per heavy atom. The summed E-state index contributed by atoms with van der Waals surface area (Å²) >= 11 is 0. The minimum absolute atomic E-state index is 0.134. The zero-order valence-electron chi connectivity index (χ0n) is 10.8. The van der Waals surface area contributed by atoms with Crippen LogP contribution in [0.1, 0.15) is 19.3 Å². The maximum atomic E-state index is 9.68. The molecule has 3 rings (SSSR count). The van der Waals surface area contributed by atoms with Crippen LogP contribution >= 0.6 is 0 Å². The molecule has 98 valence electrons. The van der Waals surface area contributed by atoms with Gasteiger partial charge < -0.3 is 16.2 Å². The Balaban J connectivity index is 1.86. The Kier molecular flexibility index (Phi) is 3.03. The number of phenolic OH excluding ortho intramolecular Hbond substituents is 1. The van der Waals surface area contributed by atoms with E-state index in [1.165, 1.54) is 19.3 Å². The van der Waals surface area contributed by atoms with Gasteiger partial charge in [0.05, 0.1) is 5.69 Å². The molecule has 1 saturated carbocycles. The van der Waals surface area contributed by atoms with Gasteiger partial charge in [-0.05, 0) is 54.7 Å². The molecule has 0 amide bonds. The SMILES string of the molecule is Nc1ccc(-c2cccc(NC3CCC3)c2)cc1O. The van der Waals surface area contributed by atoms with Crippen LogP contribution in [0.15, 0.2) is 42.5 Å². The van der Waals surface area contributed by atoms with Crippen molar-refractivity contribution in [2.24, 2.45) is 0 Å². The number of benzene rings is 2. The maximum absolute atomic E-state index is 9.68. The lowest BCUT2D eigenvalue weighted by atomic mass is 9.93. The van der Waals surface area contributed by atoms with E-state index in [9.17, 15) is 5.11 Å². The van der Waals surface area contributed by atoms with E-state index in [-0.39, 0.29) is 5.75 Å². The molecule has 0 unspecified atom stereocenters. The zero-order chi connectivity index (χ0) is 13.2. The minimum atomic E-state index is 0.134. The molecule has 19 heavy (non-hydrogen) atoms. The van der Waals surface area contributed by atoms with E-state index in [2.05, 4.69) is 17.4 Å². The molecule has 2 aromatic carbocycles. The Labute approximate surface area is 113 Å². The Morgan fingerprint density at radius 1 is 1.05 bits per heavy atom. The summed E-state index contributed by atoms with van der Waals surface area (Å²) in [7, 11) is 0. The van der Waals surface area contributed by atoms with Gasteiger partial charge in [0, 0.05) is 11.7 Å². The van der Waals surface area contributed by atoms with E-state index in [0.717, 1.165) is 16.8 Å². The van der Waals surface area contributed by atoms with Gasteiger partial charge in [-0.1, -0.05) is 18.2 Å². The van der Waals surface area contributed by atoms with E-state index < -0.39 is 0 Å². The third-order valence-corrected chi connectivity index (χ3v) is 3.70. The van der Waals surface area contributed by atoms with Crippen LogP contribution in [0.25, 0.3) is 11.1 Å². The highest BCUT2D eigenvalue weighted by molar-refractivity contribution is 5.72. The van der Waals surface area contributed by atoms with Crippen LogP contribution in [-0.2, 0) is 0 Å². The number of hydrogen-bond donors (Lipinski definition) is 3. The number of phenols is 1. The molecule has 0 bridgehead atoms. The predicted molar refractivity (Wildman–Crippen MR) is 79.2 cm³/mol. The van der Waals surface area contributed by atoms with E-state index >= 15 is 0 Å². The lowest BCUT2D eigenvalue weighted by Crippen LogP contribution is -2.26. The molecular formula is C16H18N2O. The fourth-order valence-corrected chi connectivity index (χ4v) is 2.30. The first-order chi connectivity index (χ1) is 9.22. The number of nitrogens with one attached hydrogen (secondary N) is 1. The monoisotopic (exact) mass is 254 g/mol. The first kappa shape index (κ1) is 11.9. The highest BCUT2D eigenvalue weighted by Crippen LogP contribution is 2.30. The lowest BCUT2D eigenvalue weighted by Gasteiger charge is -2.27. The van der Waals surface area contributed by atoms with Gasteiger partial charge in [0.15, 0.2) is 0 Å². The van der Waals surface area contributed by atoms with Crippen molar-refractivity contribution in [2.75, 3.05) is 11.1 Å². The first-order valence-electron chi connectivity index (χ1n) is 6.68. The molecule has 3 nitrogen and oxygen atoms in total. The topological polar surface area (TPSA) is 58.3 Å². The average Bonchev–Trinajstić information content (AvgIpc) is 2.38. The van der Waals surface area contributed by atoms with Crippen molar-refractivity contribution in [3.05, 3.63) is 42.5 Å². The second-order valence-corrected chi connectivity index (χ2v) is 5.13. The van der Waals surface area contributed by atoms with Crippen molar-refractivity contribution in [1.29, 1.82) is 0 Å². The molecule has 4 N–H and O–H groups in total. The molecule has 0 aliphatic heterocycles. The second-order valence-electron chi connectivity index (χ2n) is 5.13. The molecule has 1 aliphatic rings. The maximum Gasteiger partial charge on any atom is 0.139 e. The van der Waals surface area contributed by atoms with Crippen molar-refractivity contribution in [3.8, 4) is 16.9 Å². The van der Waals surface area contributed by atoms with Crippen LogP contribution in [0.4, 0.5) is 11.4 Å². The second kappa shape index (κ2) is 4.84. The summed E-state index contributed by atoms with van der Waals surface area (Å²) in [5.41, 5.74) is 9.23. The standard InChI is InChI=1S/C16H18N2O/c17-15-8-7-12(10-16(15)19)11-3-1-6-14(9-11)18-13-4-2-5-13/h1,3,6-10,13,18-19H,2,4-5,17H2. The van der Waals surface area contributed by atoms with Crippen molar-refractivity contribution in [2.45, 2.75) is 25.3 Å². The van der Waals surface area contributed by atoms with Gasteiger partial charge in [-0.15, -0.1) is 0 Å². The van der Waals surface area contributed by atoms with Gasteiger partial charge in [-0.2, -0.15) is 0 Å². The summed E-state index contributed by atoms with van der Waals surface area (Å²) in [6, 6.07) is 14.3. The fourth-order valence-electron chi connectivity index (χ4n) is 2.30. The lowest BCUT2D eigenvalue weighted by molar-refractivity contribution is 0.445. The summed E-state index contributed by atoms with van der Waals surface area (Å²) in [5, 5.41) is 13.2. The molecule has 1 aliphatic carbocycles. The van der Waals surface area contributed by atoms with E-state index in [0.29, 0.717) is 11.7 Å². The summed E-state index contributed by atoms with van der Waals surface area (Å²) in [4.78, 5) is 0. The molecule has 0 radical (unpaired) electrons. The van der Waals surface area contributed by atoms with Crippen molar-refractivity contribution in [1.82, 2.24) is 0 Å². The first-order valence-corrected chi connectivity index (χ1v) is 6.68. The van der Waals surface area contributed by atoms with Gasteiger partial charge in [0.1, 0.15) is 5.75 Å². The molecule has 0 saturated heterocycles. The number of nitrogens with two attached hydrogens (primary N) is 1. The number of nitrogen functional groups attached to an aromatic ring is 1. The summed E-state index contributed by atoms with van der Waals surface area (Å²) < 4.78 is 0. The van der Waals surface area contributed by atoms with E-state index in [4.69, 9.17) is 5.73 Å². The molecule has 0 atom stereocenters. The van der Waals surface area contributed by atoms with Gasteiger partial charge in [-0.3, -0.25) is 0 Å². The van der Waals surface area contributed by atoms with Crippen LogP contribution in [0.2, 0.25) is 0 Å². The predicted octanol–water partition coefficient (Wildman–Crippen LogP) is 3.61. The van der Waals surface area contributed by atoms with Crippen LogP contribution in [0.5, 0.6) is 5.75 Å². The number of rotatable bonds is 3. The molecule has 0 heterocycles. The molecule has 0 aromatic heterocycles. The van der Waals surface area contributed by atoms with E-state index in [1.54, 1.807) is 12.1 Å².